The van der Waals surface area contributed by atoms with Crippen molar-refractivity contribution in [3.63, 3.8) is 0 Å². The van der Waals surface area contributed by atoms with Crippen LogP contribution in [-0.4, -0.2) is 33.7 Å². The first kappa shape index (κ1) is 19.3. The minimum Gasteiger partial charge on any atom is -0.326 e. The molecule has 4 rings (SSSR count). The maximum atomic E-state index is 13.8. The number of hydrogen-bond donors (Lipinski definition) is 1. The molecule has 1 aliphatic rings. The number of fused-ring (bicyclic) bond motifs is 1. The third-order valence-corrected chi connectivity index (χ3v) is 5.31. The van der Waals surface area contributed by atoms with Crippen LogP contribution < -0.4 is 5.32 Å². The second-order valence-corrected chi connectivity index (χ2v) is 7.45. The minimum atomic E-state index is -0.348. The first-order valence-corrected chi connectivity index (χ1v) is 10.0. The summed E-state index contributed by atoms with van der Waals surface area (Å²) in [7, 11) is 0. The molecule has 2 aromatic carbocycles. The lowest BCUT2D eigenvalue weighted by Crippen LogP contribution is -2.32. The average molecular weight is 392 g/mol. The van der Waals surface area contributed by atoms with E-state index in [4.69, 9.17) is 0 Å². The van der Waals surface area contributed by atoms with Crippen LogP contribution in [0.15, 0.2) is 60.9 Å². The summed E-state index contributed by atoms with van der Waals surface area (Å²) in [6.07, 6.45) is 5.89. The zero-order valence-corrected chi connectivity index (χ0v) is 16.4. The summed E-state index contributed by atoms with van der Waals surface area (Å²) in [6.45, 7) is 3.86. The van der Waals surface area contributed by atoms with Crippen molar-refractivity contribution in [3.8, 4) is 0 Å². The van der Waals surface area contributed by atoms with Crippen LogP contribution >= 0.6 is 0 Å². The number of rotatable bonds is 7. The third-order valence-electron chi connectivity index (χ3n) is 5.31. The smallest absolute Gasteiger partial charge is 0.228 e. The van der Waals surface area contributed by atoms with E-state index in [0.29, 0.717) is 5.56 Å². The van der Waals surface area contributed by atoms with Gasteiger partial charge in [0.2, 0.25) is 5.91 Å². The van der Waals surface area contributed by atoms with Gasteiger partial charge in [0, 0.05) is 44.3 Å². The van der Waals surface area contributed by atoms with E-state index in [9.17, 15) is 9.18 Å². The van der Waals surface area contributed by atoms with Crippen LogP contribution in [0.2, 0.25) is 0 Å². The molecule has 1 N–H and O–H groups in total. The predicted octanol–water partition coefficient (Wildman–Crippen LogP) is 3.65. The van der Waals surface area contributed by atoms with Crippen molar-refractivity contribution in [1.82, 2.24) is 14.7 Å². The van der Waals surface area contributed by atoms with Gasteiger partial charge in [0.15, 0.2) is 0 Å². The lowest BCUT2D eigenvalue weighted by Gasteiger charge is -2.29. The molecule has 5 nitrogen and oxygen atoms in total. The highest BCUT2D eigenvalue weighted by atomic mass is 19.1. The molecule has 3 aromatic rings. The second kappa shape index (κ2) is 9.01. The Hall–Kier alpha value is -2.99. The normalized spacial score (nSPS) is 13.8. The Morgan fingerprint density at radius 2 is 2.00 bits per heavy atom. The van der Waals surface area contributed by atoms with E-state index < -0.39 is 0 Å². The monoisotopic (exact) mass is 392 g/mol. The van der Waals surface area contributed by atoms with Crippen molar-refractivity contribution in [2.45, 2.75) is 32.4 Å². The van der Waals surface area contributed by atoms with Crippen molar-refractivity contribution >= 4 is 11.6 Å². The van der Waals surface area contributed by atoms with Gasteiger partial charge in [-0.15, -0.1) is 0 Å². The molecule has 0 bridgehead atoms. The van der Waals surface area contributed by atoms with Gasteiger partial charge in [0.1, 0.15) is 5.82 Å². The number of anilines is 1. The van der Waals surface area contributed by atoms with Crippen LogP contribution in [0.4, 0.5) is 10.1 Å². The fourth-order valence-electron chi connectivity index (χ4n) is 3.79. The Labute approximate surface area is 170 Å². The molecule has 150 valence electrons. The number of aromatic nitrogens is 2. The van der Waals surface area contributed by atoms with Crippen molar-refractivity contribution < 1.29 is 9.18 Å². The third kappa shape index (κ3) is 5.09. The van der Waals surface area contributed by atoms with Crippen LogP contribution in [0, 0.1) is 5.82 Å². The van der Waals surface area contributed by atoms with Crippen molar-refractivity contribution in [3.05, 3.63) is 83.4 Å². The van der Waals surface area contributed by atoms with E-state index in [1.165, 1.54) is 17.2 Å². The summed E-state index contributed by atoms with van der Waals surface area (Å²) >= 11 is 0. The lowest BCUT2D eigenvalue weighted by atomic mass is 9.99. The van der Waals surface area contributed by atoms with E-state index in [1.807, 2.05) is 29.1 Å². The molecule has 0 spiro atoms. The van der Waals surface area contributed by atoms with Crippen LogP contribution in [0.3, 0.4) is 0 Å². The summed E-state index contributed by atoms with van der Waals surface area (Å²) in [4.78, 5) is 14.8. The number of benzene rings is 2. The summed E-state index contributed by atoms with van der Waals surface area (Å²) in [5.74, 6) is -0.555. The van der Waals surface area contributed by atoms with E-state index in [-0.39, 0.29) is 18.1 Å². The van der Waals surface area contributed by atoms with Gasteiger partial charge in [-0.2, -0.15) is 5.10 Å². The first-order valence-electron chi connectivity index (χ1n) is 10.0. The molecule has 0 fully saturated rings. The van der Waals surface area contributed by atoms with Gasteiger partial charge >= 0.3 is 0 Å². The van der Waals surface area contributed by atoms with Crippen molar-refractivity contribution in [2.24, 2.45) is 0 Å². The fraction of sp³-hybridized carbons (Fsp3) is 0.304. The molecular weight excluding hydrogens is 367 g/mol. The van der Waals surface area contributed by atoms with Gasteiger partial charge in [-0.1, -0.05) is 24.3 Å². The number of halogens is 1. The van der Waals surface area contributed by atoms with Crippen molar-refractivity contribution in [2.75, 3.05) is 18.4 Å². The number of carbonyl (C=O) groups is 1. The molecule has 0 saturated heterocycles. The molecule has 1 aliphatic heterocycles. The SMILES string of the molecule is O=C(Cc1ccccc1F)Nc1ccc2c(c1)CN(CCCn1cccn1)CC2. The average Bonchev–Trinajstić information content (AvgIpc) is 3.23. The molecule has 1 amide bonds. The number of hydrogen-bond acceptors (Lipinski definition) is 3. The number of nitrogens with zero attached hydrogens (tertiary/aromatic N) is 3. The summed E-state index contributed by atoms with van der Waals surface area (Å²) < 4.78 is 15.7. The van der Waals surface area contributed by atoms with Crippen LogP contribution in [0.25, 0.3) is 0 Å². The Balaban J connectivity index is 1.33. The standard InChI is InChI=1S/C23H25FN4O/c24-22-6-2-1-5-19(22)16-23(29)26-21-8-7-18-9-14-27(17-20(18)15-21)11-4-13-28-12-3-10-25-28/h1-3,5-8,10,12,15H,4,9,11,13-14,16-17H2,(H,26,29). The van der Waals surface area contributed by atoms with Gasteiger partial charge in [0.25, 0.3) is 0 Å². The lowest BCUT2D eigenvalue weighted by molar-refractivity contribution is -0.115. The number of aryl methyl sites for hydroxylation is 1. The Morgan fingerprint density at radius 1 is 1.10 bits per heavy atom. The maximum Gasteiger partial charge on any atom is 0.228 e. The van der Waals surface area contributed by atoms with Gasteiger partial charge in [-0.3, -0.25) is 14.4 Å². The summed E-state index contributed by atoms with van der Waals surface area (Å²) in [5, 5.41) is 7.15. The van der Waals surface area contributed by atoms with E-state index in [2.05, 4.69) is 21.4 Å². The largest absolute Gasteiger partial charge is 0.326 e. The number of nitrogens with one attached hydrogen (secondary N) is 1. The number of amides is 1. The highest BCUT2D eigenvalue weighted by molar-refractivity contribution is 5.92. The fourth-order valence-corrected chi connectivity index (χ4v) is 3.79. The molecular formula is C23H25FN4O. The van der Waals surface area contributed by atoms with Crippen LogP contribution in [-0.2, 0) is 30.7 Å². The van der Waals surface area contributed by atoms with Gasteiger partial charge in [-0.05, 0) is 53.8 Å². The molecule has 1 aromatic heterocycles. The van der Waals surface area contributed by atoms with Gasteiger partial charge < -0.3 is 5.32 Å². The molecule has 2 heterocycles. The number of carbonyl (C=O) groups excluding carboxylic acids is 1. The second-order valence-electron chi connectivity index (χ2n) is 7.45. The van der Waals surface area contributed by atoms with E-state index in [0.717, 1.165) is 44.7 Å². The molecule has 0 aliphatic carbocycles. The Bertz CT molecular complexity index is 971. The van der Waals surface area contributed by atoms with Crippen LogP contribution in [0.1, 0.15) is 23.1 Å². The molecule has 29 heavy (non-hydrogen) atoms. The molecule has 0 saturated carbocycles. The van der Waals surface area contributed by atoms with Crippen LogP contribution in [0.5, 0.6) is 0 Å². The summed E-state index contributed by atoms with van der Waals surface area (Å²) in [5.41, 5.74) is 3.76. The first-order chi connectivity index (χ1) is 14.2. The molecule has 0 unspecified atom stereocenters. The van der Waals surface area contributed by atoms with Gasteiger partial charge in [0.05, 0.1) is 6.42 Å². The Kier molecular flexibility index (Phi) is 6.00. The zero-order chi connectivity index (χ0) is 20.1. The predicted molar refractivity (Wildman–Crippen MR) is 111 cm³/mol. The highest BCUT2D eigenvalue weighted by Crippen LogP contribution is 2.23. The maximum absolute atomic E-state index is 13.8. The topological polar surface area (TPSA) is 50.2 Å². The quantitative estimate of drug-likeness (QED) is 0.668. The summed E-state index contributed by atoms with van der Waals surface area (Å²) in [6, 6.07) is 14.4. The van der Waals surface area contributed by atoms with Gasteiger partial charge in [-0.25, -0.2) is 4.39 Å². The van der Waals surface area contributed by atoms with Crippen molar-refractivity contribution in [1.29, 1.82) is 0 Å². The highest BCUT2D eigenvalue weighted by Gasteiger charge is 2.17. The van der Waals surface area contributed by atoms with E-state index in [1.54, 1.807) is 24.4 Å². The van der Waals surface area contributed by atoms with E-state index >= 15 is 0 Å². The molecule has 0 atom stereocenters. The molecule has 6 heteroatoms. The zero-order valence-electron chi connectivity index (χ0n) is 16.4. The Morgan fingerprint density at radius 3 is 2.83 bits per heavy atom. The minimum absolute atomic E-state index is 0.0311. The molecule has 0 radical (unpaired) electrons.